The van der Waals surface area contributed by atoms with Gasteiger partial charge in [-0.25, -0.2) is 14.3 Å². The lowest BCUT2D eigenvalue weighted by Gasteiger charge is -2.38. The summed E-state index contributed by atoms with van der Waals surface area (Å²) >= 11 is 0. The van der Waals surface area contributed by atoms with Gasteiger partial charge >= 0.3 is 11.9 Å². The molecule has 45 nitrogen and oxygen atoms in total. The van der Waals surface area contributed by atoms with Crippen LogP contribution in [0, 0.1) is 0 Å². The molecule has 0 spiro atoms. The van der Waals surface area contributed by atoms with E-state index in [-0.39, 0.29) is 24.8 Å². The van der Waals surface area contributed by atoms with Crippen LogP contribution in [0.3, 0.4) is 0 Å². The Hall–Kier alpha value is -12.1. The van der Waals surface area contributed by atoms with Crippen LogP contribution in [0.1, 0.15) is 70.3 Å². The number of carbonyl (C=O) groups is 5. The van der Waals surface area contributed by atoms with Crippen LogP contribution in [0.5, 0.6) is 0 Å². The molecule has 3 aliphatic rings. The van der Waals surface area contributed by atoms with Crippen LogP contribution >= 0.6 is 0 Å². The fraction of sp³-hybridized carbons (Fsp3) is 0.480. The quantitative estimate of drug-likeness (QED) is 0.0171. The number of aliphatic hydroxyl groups is 14. The van der Waals surface area contributed by atoms with E-state index < -0.39 is 130 Å². The number of carbonyl (C=O) groups excluding carboxylic acids is 5. The third-order valence-electron chi connectivity index (χ3n) is 23.7. The highest BCUT2D eigenvalue weighted by Gasteiger charge is 2.44. The number of likely N-dealkylation sites (N-methyl/N-ethyl adjacent to an activating group) is 1. The van der Waals surface area contributed by atoms with Crippen molar-refractivity contribution in [3.8, 4) is 0 Å². The Bertz CT molecular complexity index is 5100. The number of piperazine rings is 1. The molecule has 45 heteroatoms. The third kappa shape index (κ3) is 40.7. The fourth-order valence-corrected chi connectivity index (χ4v) is 15.4. The molecule has 13 heterocycles. The largest absolute Gasteiger partial charge is 0.461 e. The number of nitrogens with zero attached hydrogens (tertiary/aromatic N) is 21. The molecule has 0 bridgehead atoms. The third-order valence-corrected chi connectivity index (χ3v) is 23.7. The van der Waals surface area contributed by atoms with Crippen molar-refractivity contribution in [1.29, 1.82) is 0 Å². The number of amides is 3. The normalized spacial score (nSPS) is 17.7. The molecule has 145 heavy (non-hydrogen) atoms. The number of aromatic nitrogens is 12. The van der Waals surface area contributed by atoms with Gasteiger partial charge in [0.15, 0.2) is 18.5 Å². The van der Waals surface area contributed by atoms with E-state index >= 15 is 0 Å². The van der Waals surface area contributed by atoms with Gasteiger partial charge in [-0.2, -0.15) is 0 Å². The van der Waals surface area contributed by atoms with Crippen LogP contribution in [-0.4, -0.2) is 429 Å². The van der Waals surface area contributed by atoms with Crippen molar-refractivity contribution in [1.82, 2.24) is 109 Å². The number of aliphatic hydroxyl groups excluding tert-OH is 14. The maximum atomic E-state index is 13.1. The van der Waals surface area contributed by atoms with Crippen LogP contribution < -0.4 is 5.32 Å². The van der Waals surface area contributed by atoms with Crippen LogP contribution in [-0.2, 0) is 115 Å². The number of esters is 2. The van der Waals surface area contributed by atoms with E-state index in [9.17, 15) is 85.3 Å². The Morgan fingerprint density at radius 1 is 0.393 bits per heavy atom. The molecule has 3 aliphatic heterocycles. The van der Waals surface area contributed by atoms with E-state index in [1.807, 2.05) is 205 Å². The molecule has 784 valence electrons. The molecule has 0 aliphatic carbocycles. The van der Waals surface area contributed by atoms with Gasteiger partial charge in [-0.15, -0.1) is 5.10 Å². The Kier molecular flexibility index (Phi) is 49.7. The smallest absolute Gasteiger partial charge is 0.337 e. The van der Waals surface area contributed by atoms with Crippen molar-refractivity contribution in [2.24, 2.45) is 0 Å². The summed E-state index contributed by atoms with van der Waals surface area (Å²) < 4.78 is 21.6. The summed E-state index contributed by atoms with van der Waals surface area (Å²) in [6.45, 7) is 15.8. The maximum absolute atomic E-state index is 13.1. The van der Waals surface area contributed by atoms with Crippen molar-refractivity contribution in [2.45, 2.75) is 171 Å². The Balaban J connectivity index is 0.000000199. The Morgan fingerprint density at radius 3 is 0.986 bits per heavy atom. The van der Waals surface area contributed by atoms with Crippen LogP contribution in [0.15, 0.2) is 226 Å². The number of nitrogens with one attached hydrogen (secondary N) is 1. The number of morpholine rings is 1. The number of hydrogen-bond acceptors (Lipinski definition) is 41. The minimum Gasteiger partial charge on any atom is -0.461 e. The summed E-state index contributed by atoms with van der Waals surface area (Å²) in [6, 6.07) is 52.2. The van der Waals surface area contributed by atoms with Gasteiger partial charge in [0.05, 0.1) is 109 Å². The highest BCUT2D eigenvalue weighted by molar-refractivity contribution is 5.79. The number of rotatable bonds is 51. The van der Waals surface area contributed by atoms with Crippen molar-refractivity contribution < 1.29 is 114 Å². The zero-order valence-electron chi connectivity index (χ0n) is 81.4. The molecule has 1 unspecified atom stereocenters. The SMILES string of the molecule is CCC(=O)NC(COC(=O)[C@H](O)[C@@H](O)[C@H](O)[C@H](O)CO)COC(=O)[C@H](O)[C@@H](O)[C@H](O)[C@H](O)CO.CN1CCN(C(=O)CN(CCN(Cc2ccccn2)Cc2ccccn2)Cc2ccccn2)CC1.O=C(CN(CCN(Cc1ccccn1)Cc1ccccn1)Cc1ccccn1)N1CCOCC1.OC1O[C@H](Cn2cc(CN(CCN(Cc3ccccn3)Cc3ccccn3)Cc3ccccn3)nn2)[C@H](O)[C@H](O)[C@H]1O. The van der Waals surface area contributed by atoms with Gasteiger partial charge in [-0.3, -0.25) is 88.6 Å². The zero-order chi connectivity index (χ0) is 104. The van der Waals surface area contributed by atoms with E-state index in [0.717, 1.165) is 123 Å². The number of hydrogen-bond donors (Lipinski definition) is 15. The summed E-state index contributed by atoms with van der Waals surface area (Å²) in [4.78, 5) is 122. The molecule has 13 atom stereocenters. The second kappa shape index (κ2) is 62.7. The van der Waals surface area contributed by atoms with Crippen molar-refractivity contribution in [2.75, 3.05) is 138 Å². The standard InChI is InChI=1S/C29H36N8O5.C27H35N7O.C26H32N6O2.C18H33NO15/c38-26-25(42-29(41)28(40)27(26)39)20-37-19-24(33-34-37)18-36(17-23-9-3-6-12-32-23)14-13-35(15-21-7-1-4-10-30-21)16-22-8-2-5-11-31-22;1-31-14-18-34(19-15-31)27(35)23-33(22-26-10-4-7-13-30-26)17-16-32(20-24-8-2-5-11-28-24)21-25-9-3-6-12-29-25;33-26(32-15-17-34-18-16-32)22-31(21-25-9-3-6-12-29-25)14-13-30(19-23-7-1-4-10-27-23)20-24-8-2-5-11-28-24;1-2-10(24)19-7(5-33-17(31)15(29)13(27)11(25)8(22)3-20)6-34-18(32)16(30)14(28)12(26)9(23)4-21/h1-12,19,25-29,38-41H,13-18,20H2;2-13H,14-23H2,1H3;1-12H,13-22H2;7-9,11-16,20-23,25-30H,2-6H2,1H3,(H,19,24)/t25-,26+,27+,28-,29?;;;8-,9-,11-,12-,13+,14+,15-,16-/m1..1/s1. The molecule has 3 saturated heterocycles. The molecule has 3 amide bonds. The Labute approximate surface area is 841 Å². The highest BCUT2D eigenvalue weighted by atomic mass is 16.6. The molecular formula is C100H136N22O23. The van der Waals surface area contributed by atoms with Gasteiger partial charge < -0.3 is 110 Å². The number of pyridine rings is 9. The van der Waals surface area contributed by atoms with E-state index in [4.69, 9.17) is 29.2 Å². The van der Waals surface area contributed by atoms with Gasteiger partial charge in [0.1, 0.15) is 74.3 Å². The second-order valence-corrected chi connectivity index (χ2v) is 35.0. The molecule has 0 aromatic carbocycles. The molecule has 13 rings (SSSR count). The predicted octanol–water partition coefficient (Wildman–Crippen LogP) is -2.81. The first kappa shape index (κ1) is 115. The first-order valence-electron chi connectivity index (χ1n) is 48.0. The lowest BCUT2D eigenvalue weighted by Crippen LogP contribution is -2.58. The first-order valence-corrected chi connectivity index (χ1v) is 48.0. The molecule has 15 N–H and O–H groups in total. The first-order chi connectivity index (χ1) is 70.2. The summed E-state index contributed by atoms with van der Waals surface area (Å²) in [5, 5.41) is 145. The minimum atomic E-state index is -2.36. The summed E-state index contributed by atoms with van der Waals surface area (Å²) in [5.41, 5.74) is 9.56. The average Bonchev–Trinajstić information content (AvgIpc) is 1.80. The molecule has 0 saturated carbocycles. The van der Waals surface area contributed by atoms with E-state index in [1.54, 1.807) is 31.0 Å². The summed E-state index contributed by atoms with van der Waals surface area (Å²) in [5.74, 6) is -3.28. The lowest BCUT2D eigenvalue weighted by atomic mass is 9.99. The van der Waals surface area contributed by atoms with Gasteiger partial charge in [0, 0.05) is 212 Å². The molecule has 10 aromatic rings. The predicted molar refractivity (Wildman–Crippen MR) is 522 cm³/mol. The van der Waals surface area contributed by atoms with Gasteiger partial charge in [0.2, 0.25) is 17.7 Å². The minimum absolute atomic E-state index is 0.0389. The van der Waals surface area contributed by atoms with E-state index in [0.29, 0.717) is 104 Å². The zero-order valence-corrected chi connectivity index (χ0v) is 81.4. The van der Waals surface area contributed by atoms with E-state index in [2.05, 4.69) is 102 Å². The van der Waals surface area contributed by atoms with Crippen molar-refractivity contribution in [3.63, 3.8) is 0 Å². The molecule has 0 radical (unpaired) electrons. The lowest BCUT2D eigenvalue weighted by molar-refractivity contribution is -0.284. The molecule has 3 fully saturated rings. The van der Waals surface area contributed by atoms with Crippen LogP contribution in [0.25, 0.3) is 0 Å². The van der Waals surface area contributed by atoms with Gasteiger partial charge in [0.25, 0.3) is 0 Å². The van der Waals surface area contributed by atoms with E-state index in [1.165, 1.54) is 11.6 Å². The molecular weight excluding hydrogens is 1880 g/mol. The second-order valence-electron chi connectivity index (χ2n) is 35.0. The monoisotopic (exact) mass is 2010 g/mol. The van der Waals surface area contributed by atoms with Gasteiger partial charge in [-0.1, -0.05) is 66.7 Å². The summed E-state index contributed by atoms with van der Waals surface area (Å²) in [7, 11) is 2.10. The van der Waals surface area contributed by atoms with Crippen LogP contribution in [0.4, 0.5) is 0 Å². The average molecular weight is 2010 g/mol. The topological polar surface area (TPSA) is 593 Å². The van der Waals surface area contributed by atoms with Gasteiger partial charge in [-0.05, 0) is 116 Å². The summed E-state index contributed by atoms with van der Waals surface area (Å²) in [6.07, 6.45) is -6.25. The van der Waals surface area contributed by atoms with Crippen LogP contribution in [0.2, 0.25) is 0 Å². The Morgan fingerprint density at radius 2 is 0.690 bits per heavy atom. The number of ether oxygens (including phenoxy) is 4. The molecule has 10 aromatic heterocycles. The maximum Gasteiger partial charge on any atom is 0.337 e. The highest BCUT2D eigenvalue weighted by Crippen LogP contribution is 2.23. The van der Waals surface area contributed by atoms with Crippen molar-refractivity contribution >= 4 is 29.7 Å². The fourth-order valence-electron chi connectivity index (χ4n) is 15.4. The van der Waals surface area contributed by atoms with Crippen molar-refractivity contribution in [3.05, 3.63) is 283 Å².